The minimum absolute atomic E-state index is 0.769. The van der Waals surface area contributed by atoms with Crippen LogP contribution in [0.4, 0.5) is 0 Å². The van der Waals surface area contributed by atoms with Crippen molar-refractivity contribution < 1.29 is 9.47 Å². The summed E-state index contributed by atoms with van der Waals surface area (Å²) in [6, 6.07) is 0. The van der Waals surface area contributed by atoms with Crippen LogP contribution in [0.3, 0.4) is 0 Å². The van der Waals surface area contributed by atoms with Gasteiger partial charge in [-0.3, -0.25) is 0 Å². The van der Waals surface area contributed by atoms with E-state index in [4.69, 9.17) is 9.47 Å². The van der Waals surface area contributed by atoms with Gasteiger partial charge in [0.25, 0.3) is 0 Å². The van der Waals surface area contributed by atoms with Crippen molar-refractivity contribution in [3.63, 3.8) is 0 Å². The first-order valence-corrected chi connectivity index (χ1v) is 13.2. The summed E-state index contributed by atoms with van der Waals surface area (Å²) in [5.74, 6) is 0. The fourth-order valence-electron chi connectivity index (χ4n) is 3.20. The van der Waals surface area contributed by atoms with E-state index in [-0.39, 0.29) is 0 Å². The molecule has 0 aliphatic carbocycles. The maximum Gasteiger partial charge on any atom is 0.0700 e. The second kappa shape index (κ2) is 25.6. The Morgan fingerprint density at radius 1 is 0.423 bits per heavy atom. The standard InChI is InChI=1S/C23H47IO2/c1-2-3-4-5-6-7-8-9-10-11-12-14-17-20-25-22-23-26-21-18-15-13-16-19-24/h2-23H2,1H3. The molecule has 158 valence electrons. The highest BCUT2D eigenvalue weighted by Crippen LogP contribution is 2.12. The van der Waals surface area contributed by atoms with Crippen molar-refractivity contribution in [3.05, 3.63) is 0 Å². The van der Waals surface area contributed by atoms with Crippen LogP contribution in [0.5, 0.6) is 0 Å². The van der Waals surface area contributed by atoms with Crippen molar-refractivity contribution in [2.75, 3.05) is 30.9 Å². The Morgan fingerprint density at radius 2 is 0.769 bits per heavy atom. The van der Waals surface area contributed by atoms with Gasteiger partial charge in [-0.1, -0.05) is 119 Å². The van der Waals surface area contributed by atoms with E-state index in [0.717, 1.165) is 26.4 Å². The lowest BCUT2D eigenvalue weighted by Gasteiger charge is -2.06. The van der Waals surface area contributed by atoms with Gasteiger partial charge in [-0.05, 0) is 23.7 Å². The minimum atomic E-state index is 0.769. The summed E-state index contributed by atoms with van der Waals surface area (Å²) in [4.78, 5) is 0. The Balaban J connectivity index is 2.95. The summed E-state index contributed by atoms with van der Waals surface area (Å²) in [7, 11) is 0. The third-order valence-electron chi connectivity index (χ3n) is 4.94. The first-order valence-electron chi connectivity index (χ1n) is 11.6. The summed E-state index contributed by atoms with van der Waals surface area (Å²) < 4.78 is 12.5. The zero-order valence-corrected chi connectivity index (χ0v) is 19.9. The third-order valence-corrected chi connectivity index (χ3v) is 5.70. The van der Waals surface area contributed by atoms with Crippen LogP contribution in [0, 0.1) is 0 Å². The number of rotatable bonds is 23. The van der Waals surface area contributed by atoms with E-state index in [9.17, 15) is 0 Å². The summed E-state index contributed by atoms with van der Waals surface area (Å²) in [6.45, 7) is 5.65. The van der Waals surface area contributed by atoms with Crippen LogP contribution in [0.1, 0.15) is 116 Å². The lowest BCUT2D eigenvalue weighted by atomic mass is 10.0. The molecule has 0 atom stereocenters. The molecule has 0 bridgehead atoms. The number of ether oxygens (including phenoxy) is 2. The van der Waals surface area contributed by atoms with Gasteiger partial charge in [0.05, 0.1) is 13.2 Å². The number of halogens is 1. The monoisotopic (exact) mass is 482 g/mol. The molecule has 0 aromatic heterocycles. The molecule has 0 unspecified atom stereocenters. The topological polar surface area (TPSA) is 18.5 Å². The molecule has 0 saturated heterocycles. The molecular weight excluding hydrogens is 435 g/mol. The van der Waals surface area contributed by atoms with Gasteiger partial charge in [0.15, 0.2) is 0 Å². The average Bonchev–Trinajstić information content (AvgIpc) is 2.66. The molecule has 0 aromatic carbocycles. The van der Waals surface area contributed by atoms with Crippen molar-refractivity contribution in [3.8, 4) is 0 Å². The Labute approximate surface area is 178 Å². The molecule has 0 aliphatic heterocycles. The molecular formula is C23H47IO2. The van der Waals surface area contributed by atoms with E-state index in [0.29, 0.717) is 0 Å². The van der Waals surface area contributed by atoms with Crippen molar-refractivity contribution in [1.29, 1.82) is 0 Å². The molecule has 0 amide bonds. The first kappa shape index (κ1) is 26.6. The lowest BCUT2D eigenvalue weighted by molar-refractivity contribution is 0.0449. The van der Waals surface area contributed by atoms with Crippen LogP contribution < -0.4 is 0 Å². The highest BCUT2D eigenvalue weighted by Gasteiger charge is 1.95. The highest BCUT2D eigenvalue weighted by molar-refractivity contribution is 14.1. The molecule has 26 heavy (non-hydrogen) atoms. The Bertz CT molecular complexity index is 212. The molecule has 0 N–H and O–H groups in total. The van der Waals surface area contributed by atoms with Gasteiger partial charge in [0.2, 0.25) is 0 Å². The molecule has 3 heteroatoms. The molecule has 0 spiro atoms. The molecule has 0 fully saturated rings. The molecule has 0 rings (SSSR count). The SMILES string of the molecule is CCCCCCCCCCCCCCCOCCOCCCCCCI. The highest BCUT2D eigenvalue weighted by atomic mass is 127. The lowest BCUT2D eigenvalue weighted by Crippen LogP contribution is -2.06. The van der Waals surface area contributed by atoms with Gasteiger partial charge < -0.3 is 9.47 Å². The van der Waals surface area contributed by atoms with Crippen molar-refractivity contribution in [1.82, 2.24) is 0 Å². The second-order valence-corrected chi connectivity index (χ2v) is 8.65. The van der Waals surface area contributed by atoms with E-state index < -0.39 is 0 Å². The largest absolute Gasteiger partial charge is 0.379 e. The average molecular weight is 483 g/mol. The molecule has 0 aromatic rings. The smallest absolute Gasteiger partial charge is 0.0700 e. The Morgan fingerprint density at radius 3 is 1.15 bits per heavy atom. The predicted molar refractivity (Wildman–Crippen MR) is 125 cm³/mol. The summed E-state index contributed by atoms with van der Waals surface area (Å²) >= 11 is 2.45. The van der Waals surface area contributed by atoms with Crippen LogP contribution in [-0.4, -0.2) is 30.9 Å². The van der Waals surface area contributed by atoms with E-state index in [2.05, 4.69) is 29.5 Å². The maximum absolute atomic E-state index is 5.65. The molecule has 0 heterocycles. The van der Waals surface area contributed by atoms with Crippen LogP contribution >= 0.6 is 22.6 Å². The quantitative estimate of drug-likeness (QED) is 0.0832. The van der Waals surface area contributed by atoms with E-state index in [1.165, 1.54) is 114 Å². The van der Waals surface area contributed by atoms with Crippen molar-refractivity contribution >= 4 is 22.6 Å². The van der Waals surface area contributed by atoms with E-state index in [1.54, 1.807) is 0 Å². The summed E-state index contributed by atoms with van der Waals surface area (Å²) in [5.41, 5.74) is 0. The van der Waals surface area contributed by atoms with Crippen LogP contribution in [-0.2, 0) is 9.47 Å². The van der Waals surface area contributed by atoms with Gasteiger partial charge in [0.1, 0.15) is 0 Å². The third kappa shape index (κ3) is 24.7. The second-order valence-electron chi connectivity index (χ2n) is 7.57. The fourth-order valence-corrected chi connectivity index (χ4v) is 3.74. The zero-order chi connectivity index (χ0) is 19.0. The van der Waals surface area contributed by atoms with Crippen molar-refractivity contribution in [2.45, 2.75) is 116 Å². The van der Waals surface area contributed by atoms with Crippen LogP contribution in [0.25, 0.3) is 0 Å². The van der Waals surface area contributed by atoms with Gasteiger partial charge in [0, 0.05) is 13.2 Å². The fraction of sp³-hybridized carbons (Fsp3) is 1.00. The maximum atomic E-state index is 5.65. The number of hydrogen-bond acceptors (Lipinski definition) is 2. The molecule has 2 nitrogen and oxygen atoms in total. The van der Waals surface area contributed by atoms with Crippen LogP contribution in [0.15, 0.2) is 0 Å². The van der Waals surface area contributed by atoms with Gasteiger partial charge in [-0.25, -0.2) is 0 Å². The zero-order valence-electron chi connectivity index (χ0n) is 17.8. The Kier molecular flexibility index (Phi) is 26.3. The molecule has 0 radical (unpaired) electrons. The number of alkyl halides is 1. The normalized spacial score (nSPS) is 11.3. The summed E-state index contributed by atoms with van der Waals surface area (Å²) in [6.07, 6.45) is 23.5. The Hall–Kier alpha value is 0.650. The number of unbranched alkanes of at least 4 members (excludes halogenated alkanes) is 15. The van der Waals surface area contributed by atoms with E-state index >= 15 is 0 Å². The van der Waals surface area contributed by atoms with E-state index in [1.807, 2.05) is 0 Å². The van der Waals surface area contributed by atoms with Crippen molar-refractivity contribution in [2.24, 2.45) is 0 Å². The number of hydrogen-bond donors (Lipinski definition) is 0. The van der Waals surface area contributed by atoms with Gasteiger partial charge in [-0.15, -0.1) is 0 Å². The van der Waals surface area contributed by atoms with Crippen LogP contribution in [0.2, 0.25) is 0 Å². The van der Waals surface area contributed by atoms with Gasteiger partial charge in [-0.2, -0.15) is 0 Å². The minimum Gasteiger partial charge on any atom is -0.379 e. The van der Waals surface area contributed by atoms with Gasteiger partial charge >= 0.3 is 0 Å². The first-order chi connectivity index (χ1) is 12.9. The predicted octanol–water partition coefficient (Wildman–Crippen LogP) is 8.11. The summed E-state index contributed by atoms with van der Waals surface area (Å²) in [5, 5.41) is 0. The molecule has 0 saturated carbocycles. The molecule has 0 aliphatic rings.